The SMILES string of the molecule is COc1ccc(-c2noc(-c3ccc4c(c3)CCNCC4)n2)cn1. The van der Waals surface area contributed by atoms with Gasteiger partial charge in [0, 0.05) is 23.4 Å². The minimum absolute atomic E-state index is 0.525. The van der Waals surface area contributed by atoms with Crippen molar-refractivity contribution in [1.29, 1.82) is 0 Å². The maximum atomic E-state index is 5.45. The van der Waals surface area contributed by atoms with Gasteiger partial charge in [0.25, 0.3) is 5.89 Å². The van der Waals surface area contributed by atoms with E-state index in [0.717, 1.165) is 37.1 Å². The highest BCUT2D eigenvalue weighted by atomic mass is 16.5. The zero-order valence-corrected chi connectivity index (χ0v) is 13.5. The average molecular weight is 322 g/mol. The number of pyridine rings is 1. The fourth-order valence-corrected chi connectivity index (χ4v) is 2.90. The molecule has 0 unspecified atom stereocenters. The Balaban J connectivity index is 1.63. The number of methoxy groups -OCH3 is 1. The molecular weight excluding hydrogens is 304 g/mol. The van der Waals surface area contributed by atoms with Crippen LogP contribution in [0.5, 0.6) is 5.88 Å². The molecule has 1 N–H and O–H groups in total. The Bertz CT molecular complexity index is 842. The standard InChI is InChI=1S/C18H18N4O2/c1-23-16-5-4-15(11-20-16)17-21-18(24-22-17)14-3-2-12-6-8-19-9-7-13(12)10-14/h2-5,10-11,19H,6-9H2,1H3. The predicted octanol–water partition coefficient (Wildman–Crippen LogP) is 2.50. The van der Waals surface area contributed by atoms with Crippen LogP contribution in [0, 0.1) is 0 Å². The Hall–Kier alpha value is -2.73. The van der Waals surface area contributed by atoms with Crippen LogP contribution in [0.15, 0.2) is 41.1 Å². The fraction of sp³-hybridized carbons (Fsp3) is 0.278. The molecule has 2 aromatic heterocycles. The van der Waals surface area contributed by atoms with Gasteiger partial charge in [0.2, 0.25) is 11.7 Å². The molecule has 6 nitrogen and oxygen atoms in total. The third kappa shape index (κ3) is 2.88. The number of nitrogens with zero attached hydrogens (tertiary/aromatic N) is 3. The van der Waals surface area contributed by atoms with E-state index in [4.69, 9.17) is 9.26 Å². The summed E-state index contributed by atoms with van der Waals surface area (Å²) < 4.78 is 10.5. The second-order valence-electron chi connectivity index (χ2n) is 5.75. The molecule has 0 atom stereocenters. The van der Waals surface area contributed by atoms with Crippen molar-refractivity contribution in [2.24, 2.45) is 0 Å². The molecule has 6 heteroatoms. The maximum absolute atomic E-state index is 5.45. The van der Waals surface area contributed by atoms with Gasteiger partial charge in [-0.25, -0.2) is 4.98 Å². The third-order valence-electron chi connectivity index (χ3n) is 4.23. The lowest BCUT2D eigenvalue weighted by Crippen LogP contribution is -2.16. The van der Waals surface area contributed by atoms with Gasteiger partial charge in [0.1, 0.15) is 0 Å². The van der Waals surface area contributed by atoms with Gasteiger partial charge in [-0.1, -0.05) is 11.2 Å². The molecule has 1 aliphatic rings. The lowest BCUT2D eigenvalue weighted by atomic mass is 10.00. The minimum atomic E-state index is 0.525. The summed E-state index contributed by atoms with van der Waals surface area (Å²) in [5.41, 5.74) is 4.49. The number of nitrogens with one attached hydrogen (secondary N) is 1. The molecule has 0 aliphatic carbocycles. The lowest BCUT2D eigenvalue weighted by molar-refractivity contribution is 0.398. The monoisotopic (exact) mass is 322 g/mol. The second-order valence-corrected chi connectivity index (χ2v) is 5.75. The summed E-state index contributed by atoms with van der Waals surface area (Å²) in [7, 11) is 1.59. The quantitative estimate of drug-likeness (QED) is 0.799. The second kappa shape index (κ2) is 6.41. The molecule has 3 heterocycles. The van der Waals surface area contributed by atoms with Gasteiger partial charge in [-0.05, 0) is 55.3 Å². The number of hydrogen-bond donors (Lipinski definition) is 1. The van der Waals surface area contributed by atoms with E-state index in [1.165, 1.54) is 11.1 Å². The summed E-state index contributed by atoms with van der Waals surface area (Å²) in [6.07, 6.45) is 3.75. The molecular formula is C18H18N4O2. The van der Waals surface area contributed by atoms with Crippen molar-refractivity contribution < 1.29 is 9.26 Å². The number of hydrogen-bond acceptors (Lipinski definition) is 6. The van der Waals surface area contributed by atoms with Crippen molar-refractivity contribution in [2.75, 3.05) is 20.2 Å². The van der Waals surface area contributed by atoms with Gasteiger partial charge in [-0.15, -0.1) is 0 Å². The van der Waals surface area contributed by atoms with Crippen LogP contribution in [0.3, 0.4) is 0 Å². The zero-order valence-electron chi connectivity index (χ0n) is 13.5. The van der Waals surface area contributed by atoms with Crippen LogP contribution in [0.4, 0.5) is 0 Å². The van der Waals surface area contributed by atoms with E-state index >= 15 is 0 Å². The van der Waals surface area contributed by atoms with E-state index in [1.54, 1.807) is 19.4 Å². The number of ether oxygens (including phenoxy) is 1. The predicted molar refractivity (Wildman–Crippen MR) is 89.8 cm³/mol. The van der Waals surface area contributed by atoms with Crippen LogP contribution in [0.2, 0.25) is 0 Å². The third-order valence-corrected chi connectivity index (χ3v) is 4.23. The first-order valence-electron chi connectivity index (χ1n) is 8.00. The molecule has 1 aromatic carbocycles. The topological polar surface area (TPSA) is 73.1 Å². The van der Waals surface area contributed by atoms with Crippen LogP contribution < -0.4 is 10.1 Å². The van der Waals surface area contributed by atoms with Crippen molar-refractivity contribution in [2.45, 2.75) is 12.8 Å². The molecule has 3 aromatic rings. The zero-order chi connectivity index (χ0) is 16.4. The number of benzene rings is 1. The van der Waals surface area contributed by atoms with Crippen LogP contribution >= 0.6 is 0 Å². The van der Waals surface area contributed by atoms with Crippen LogP contribution in [0.1, 0.15) is 11.1 Å². The minimum Gasteiger partial charge on any atom is -0.481 e. The number of fused-ring (bicyclic) bond motifs is 1. The van der Waals surface area contributed by atoms with E-state index in [-0.39, 0.29) is 0 Å². The summed E-state index contributed by atoms with van der Waals surface area (Å²) in [5, 5.41) is 7.49. The number of aromatic nitrogens is 3. The Labute approximate surface area is 139 Å². The molecule has 4 rings (SSSR count). The van der Waals surface area contributed by atoms with E-state index in [0.29, 0.717) is 17.6 Å². The van der Waals surface area contributed by atoms with Crippen LogP contribution in [-0.4, -0.2) is 35.3 Å². The molecule has 0 bridgehead atoms. The maximum Gasteiger partial charge on any atom is 0.258 e. The Morgan fingerprint density at radius 1 is 1.04 bits per heavy atom. The first-order chi connectivity index (χ1) is 11.8. The van der Waals surface area contributed by atoms with Gasteiger partial charge in [-0.3, -0.25) is 0 Å². The summed E-state index contributed by atoms with van der Waals surface area (Å²) in [4.78, 5) is 8.68. The molecule has 122 valence electrons. The fourth-order valence-electron chi connectivity index (χ4n) is 2.90. The van der Waals surface area contributed by atoms with Gasteiger partial charge < -0.3 is 14.6 Å². The van der Waals surface area contributed by atoms with E-state index in [9.17, 15) is 0 Å². The van der Waals surface area contributed by atoms with E-state index in [2.05, 4.69) is 32.6 Å². The molecule has 0 spiro atoms. The van der Waals surface area contributed by atoms with E-state index < -0.39 is 0 Å². The Morgan fingerprint density at radius 2 is 1.88 bits per heavy atom. The summed E-state index contributed by atoms with van der Waals surface area (Å²) in [6.45, 7) is 2.03. The van der Waals surface area contributed by atoms with Gasteiger partial charge in [-0.2, -0.15) is 4.98 Å². The molecule has 0 saturated carbocycles. The Kier molecular flexibility index (Phi) is 3.96. The van der Waals surface area contributed by atoms with Crippen molar-refractivity contribution in [3.05, 3.63) is 47.7 Å². The van der Waals surface area contributed by atoms with Crippen molar-refractivity contribution in [3.63, 3.8) is 0 Å². The van der Waals surface area contributed by atoms with Crippen molar-refractivity contribution >= 4 is 0 Å². The van der Waals surface area contributed by atoms with Crippen molar-refractivity contribution in [3.8, 4) is 28.7 Å². The highest BCUT2D eigenvalue weighted by Crippen LogP contribution is 2.25. The van der Waals surface area contributed by atoms with E-state index in [1.807, 2.05) is 12.1 Å². The van der Waals surface area contributed by atoms with Gasteiger partial charge >= 0.3 is 0 Å². The largest absolute Gasteiger partial charge is 0.481 e. The van der Waals surface area contributed by atoms with Crippen molar-refractivity contribution in [1.82, 2.24) is 20.4 Å². The molecule has 0 amide bonds. The van der Waals surface area contributed by atoms with Crippen LogP contribution in [0.25, 0.3) is 22.8 Å². The van der Waals surface area contributed by atoms with Gasteiger partial charge in [0.15, 0.2) is 0 Å². The average Bonchev–Trinajstić information content (AvgIpc) is 3.01. The number of rotatable bonds is 3. The highest BCUT2D eigenvalue weighted by Gasteiger charge is 2.14. The molecule has 0 saturated heterocycles. The first-order valence-corrected chi connectivity index (χ1v) is 8.00. The molecule has 24 heavy (non-hydrogen) atoms. The molecule has 1 aliphatic heterocycles. The summed E-state index contributed by atoms with van der Waals surface area (Å²) >= 11 is 0. The summed E-state index contributed by atoms with van der Waals surface area (Å²) in [5.74, 6) is 1.61. The van der Waals surface area contributed by atoms with Gasteiger partial charge in [0.05, 0.1) is 7.11 Å². The van der Waals surface area contributed by atoms with Crippen LogP contribution in [-0.2, 0) is 12.8 Å². The Morgan fingerprint density at radius 3 is 2.67 bits per heavy atom. The smallest absolute Gasteiger partial charge is 0.258 e. The molecule has 0 radical (unpaired) electrons. The molecule has 0 fully saturated rings. The lowest BCUT2D eigenvalue weighted by Gasteiger charge is -2.05. The highest BCUT2D eigenvalue weighted by molar-refractivity contribution is 5.60. The first kappa shape index (κ1) is 14.8. The normalized spacial score (nSPS) is 14.0. The summed E-state index contributed by atoms with van der Waals surface area (Å²) in [6, 6.07) is 10.0.